The molecule has 3 rings (SSSR count). The largest absolute Gasteiger partial charge is 0.374 e. The molecule has 0 N–H and O–H groups in total. The molecule has 0 aliphatic heterocycles. The van der Waals surface area contributed by atoms with Crippen molar-refractivity contribution in [3.05, 3.63) is 41.6 Å². The van der Waals surface area contributed by atoms with E-state index in [0.29, 0.717) is 11.7 Å². The van der Waals surface area contributed by atoms with E-state index in [1.165, 1.54) is 0 Å². The standard InChI is InChI=1S/C15H17N5O2/c1-9-7-10(2)20(18-9)13-6-5-12(8-16-13)15-17-14(19-22-15)11(3)21-4/h5-8,11H,1-4H3. The molecule has 0 aliphatic carbocycles. The number of aryl methyl sites for hydroxylation is 2. The lowest BCUT2D eigenvalue weighted by Crippen LogP contribution is -2.01. The number of aromatic nitrogens is 5. The molecule has 7 nitrogen and oxygen atoms in total. The third-order valence-electron chi connectivity index (χ3n) is 3.38. The molecular weight excluding hydrogens is 282 g/mol. The van der Waals surface area contributed by atoms with Gasteiger partial charge in [0.05, 0.1) is 11.3 Å². The molecule has 0 radical (unpaired) electrons. The Morgan fingerprint density at radius 3 is 2.68 bits per heavy atom. The third-order valence-corrected chi connectivity index (χ3v) is 3.38. The van der Waals surface area contributed by atoms with Crippen LogP contribution in [-0.2, 0) is 4.74 Å². The molecule has 0 aromatic carbocycles. The summed E-state index contributed by atoms with van der Waals surface area (Å²) in [5, 5.41) is 8.31. The first-order valence-corrected chi connectivity index (χ1v) is 6.95. The fourth-order valence-electron chi connectivity index (χ4n) is 2.12. The fraction of sp³-hybridized carbons (Fsp3) is 0.333. The molecule has 22 heavy (non-hydrogen) atoms. The molecule has 1 unspecified atom stereocenters. The summed E-state index contributed by atoms with van der Waals surface area (Å²) >= 11 is 0. The monoisotopic (exact) mass is 299 g/mol. The molecule has 0 fully saturated rings. The minimum Gasteiger partial charge on any atom is -0.374 e. The van der Waals surface area contributed by atoms with E-state index in [-0.39, 0.29) is 6.10 Å². The van der Waals surface area contributed by atoms with Crippen molar-refractivity contribution < 1.29 is 9.26 Å². The van der Waals surface area contributed by atoms with Crippen LogP contribution in [0.3, 0.4) is 0 Å². The van der Waals surface area contributed by atoms with Crippen LogP contribution in [0.1, 0.15) is 30.2 Å². The van der Waals surface area contributed by atoms with Crippen LogP contribution < -0.4 is 0 Å². The number of methoxy groups -OCH3 is 1. The van der Waals surface area contributed by atoms with Crippen LogP contribution in [0.2, 0.25) is 0 Å². The minimum atomic E-state index is -0.209. The van der Waals surface area contributed by atoms with Gasteiger partial charge in [0.15, 0.2) is 5.82 Å². The topological polar surface area (TPSA) is 78.9 Å². The van der Waals surface area contributed by atoms with Gasteiger partial charge in [0.25, 0.3) is 5.89 Å². The second-order valence-electron chi connectivity index (χ2n) is 5.08. The SMILES string of the molecule is COC(C)c1noc(-c2ccc(-n3nc(C)cc3C)nc2)n1. The lowest BCUT2D eigenvalue weighted by atomic mass is 10.3. The maximum absolute atomic E-state index is 5.24. The van der Waals surface area contributed by atoms with Gasteiger partial charge in [-0.3, -0.25) is 0 Å². The quantitative estimate of drug-likeness (QED) is 0.737. The highest BCUT2D eigenvalue weighted by atomic mass is 16.5. The summed E-state index contributed by atoms with van der Waals surface area (Å²) in [5.74, 6) is 1.69. The van der Waals surface area contributed by atoms with E-state index < -0.39 is 0 Å². The molecule has 0 aliphatic rings. The zero-order valence-electron chi connectivity index (χ0n) is 12.9. The number of hydrogen-bond donors (Lipinski definition) is 0. The maximum atomic E-state index is 5.24. The van der Waals surface area contributed by atoms with Crippen LogP contribution in [-0.4, -0.2) is 32.0 Å². The second kappa shape index (κ2) is 5.69. The normalized spacial score (nSPS) is 12.5. The summed E-state index contributed by atoms with van der Waals surface area (Å²) in [4.78, 5) is 8.73. The first-order valence-electron chi connectivity index (χ1n) is 6.95. The highest BCUT2D eigenvalue weighted by Gasteiger charge is 2.14. The summed E-state index contributed by atoms with van der Waals surface area (Å²) in [6.45, 7) is 5.81. The van der Waals surface area contributed by atoms with Gasteiger partial charge in [-0.1, -0.05) is 5.16 Å². The van der Waals surface area contributed by atoms with Gasteiger partial charge in [0, 0.05) is 19.0 Å². The van der Waals surface area contributed by atoms with Crippen LogP contribution >= 0.6 is 0 Å². The van der Waals surface area contributed by atoms with Crippen LogP contribution in [0.25, 0.3) is 17.3 Å². The molecular formula is C15H17N5O2. The van der Waals surface area contributed by atoms with Crippen molar-refractivity contribution >= 4 is 0 Å². The molecule has 3 aromatic rings. The van der Waals surface area contributed by atoms with Crippen LogP contribution in [0.5, 0.6) is 0 Å². The molecule has 7 heteroatoms. The first kappa shape index (κ1) is 14.4. The Kier molecular flexibility index (Phi) is 3.72. The summed E-state index contributed by atoms with van der Waals surface area (Å²) < 4.78 is 12.2. The fourth-order valence-corrected chi connectivity index (χ4v) is 2.12. The number of rotatable bonds is 4. The highest BCUT2D eigenvalue weighted by Crippen LogP contribution is 2.20. The van der Waals surface area contributed by atoms with Gasteiger partial charge in [-0.05, 0) is 39.0 Å². The molecule has 3 heterocycles. The van der Waals surface area contributed by atoms with Gasteiger partial charge in [0.1, 0.15) is 6.10 Å². The Morgan fingerprint density at radius 1 is 1.27 bits per heavy atom. The van der Waals surface area contributed by atoms with Gasteiger partial charge in [0.2, 0.25) is 5.82 Å². The number of hydrogen-bond acceptors (Lipinski definition) is 6. The van der Waals surface area contributed by atoms with E-state index in [9.17, 15) is 0 Å². The van der Waals surface area contributed by atoms with E-state index >= 15 is 0 Å². The Morgan fingerprint density at radius 2 is 2.09 bits per heavy atom. The molecule has 0 spiro atoms. The molecule has 114 valence electrons. The summed E-state index contributed by atoms with van der Waals surface area (Å²) in [6.07, 6.45) is 1.49. The van der Waals surface area contributed by atoms with Gasteiger partial charge < -0.3 is 9.26 Å². The molecule has 0 saturated carbocycles. The van der Waals surface area contributed by atoms with Gasteiger partial charge >= 0.3 is 0 Å². The number of nitrogens with zero attached hydrogens (tertiary/aromatic N) is 5. The van der Waals surface area contributed by atoms with Gasteiger partial charge in [-0.15, -0.1) is 0 Å². The molecule has 3 aromatic heterocycles. The third kappa shape index (κ3) is 2.62. The van der Waals surface area contributed by atoms with Crippen LogP contribution in [0.15, 0.2) is 28.9 Å². The minimum absolute atomic E-state index is 0.209. The predicted molar refractivity (Wildman–Crippen MR) is 79.5 cm³/mol. The Bertz CT molecular complexity index is 776. The van der Waals surface area contributed by atoms with Crippen molar-refractivity contribution in [3.8, 4) is 17.3 Å². The van der Waals surface area contributed by atoms with E-state index in [2.05, 4.69) is 20.2 Å². The lowest BCUT2D eigenvalue weighted by molar-refractivity contribution is 0.109. The van der Waals surface area contributed by atoms with Crippen molar-refractivity contribution in [1.82, 2.24) is 24.9 Å². The average molecular weight is 299 g/mol. The predicted octanol–water partition coefficient (Wildman–Crippen LogP) is 2.64. The second-order valence-corrected chi connectivity index (χ2v) is 5.08. The van der Waals surface area contributed by atoms with E-state index in [1.807, 2.05) is 39.0 Å². The summed E-state index contributed by atoms with van der Waals surface area (Å²) in [6, 6.07) is 5.76. The van der Waals surface area contributed by atoms with Crippen molar-refractivity contribution in [3.63, 3.8) is 0 Å². The number of ether oxygens (including phenoxy) is 1. The Balaban J connectivity index is 1.88. The van der Waals surface area contributed by atoms with Crippen molar-refractivity contribution in [2.75, 3.05) is 7.11 Å². The van der Waals surface area contributed by atoms with Crippen LogP contribution in [0.4, 0.5) is 0 Å². The van der Waals surface area contributed by atoms with E-state index in [1.54, 1.807) is 18.0 Å². The maximum Gasteiger partial charge on any atom is 0.259 e. The summed E-state index contributed by atoms with van der Waals surface area (Å²) in [5.41, 5.74) is 2.75. The molecule has 0 bridgehead atoms. The summed E-state index contributed by atoms with van der Waals surface area (Å²) in [7, 11) is 1.60. The molecule has 0 saturated heterocycles. The van der Waals surface area contributed by atoms with E-state index in [4.69, 9.17) is 9.26 Å². The van der Waals surface area contributed by atoms with Crippen molar-refractivity contribution in [2.24, 2.45) is 0 Å². The average Bonchev–Trinajstić information content (AvgIpc) is 3.13. The zero-order chi connectivity index (χ0) is 15.7. The zero-order valence-corrected chi connectivity index (χ0v) is 12.9. The van der Waals surface area contributed by atoms with Gasteiger partial charge in [-0.25, -0.2) is 9.67 Å². The smallest absolute Gasteiger partial charge is 0.259 e. The van der Waals surface area contributed by atoms with Crippen molar-refractivity contribution in [2.45, 2.75) is 26.9 Å². The lowest BCUT2D eigenvalue weighted by Gasteiger charge is -2.03. The molecule has 1 atom stereocenters. The molecule has 0 amide bonds. The van der Waals surface area contributed by atoms with Crippen LogP contribution in [0, 0.1) is 13.8 Å². The van der Waals surface area contributed by atoms with E-state index in [0.717, 1.165) is 22.8 Å². The first-order chi connectivity index (χ1) is 10.6. The van der Waals surface area contributed by atoms with Crippen molar-refractivity contribution in [1.29, 1.82) is 0 Å². The Hall–Kier alpha value is -2.54. The number of pyridine rings is 1. The highest BCUT2D eigenvalue weighted by molar-refractivity contribution is 5.52. The Labute approximate surface area is 127 Å². The van der Waals surface area contributed by atoms with Gasteiger partial charge in [-0.2, -0.15) is 10.1 Å².